The van der Waals surface area contributed by atoms with Crippen molar-refractivity contribution in [2.75, 3.05) is 20.1 Å². The van der Waals surface area contributed by atoms with E-state index in [1.54, 1.807) is 0 Å². The van der Waals surface area contributed by atoms with Gasteiger partial charge in [-0.1, -0.05) is 57.8 Å². The molecule has 1 saturated carbocycles. The zero-order valence-electron chi connectivity index (χ0n) is 13.6. The molecule has 0 bridgehead atoms. The van der Waals surface area contributed by atoms with Crippen LogP contribution in [0.15, 0.2) is 0 Å². The van der Waals surface area contributed by atoms with Crippen LogP contribution in [0.4, 0.5) is 0 Å². The minimum Gasteiger partial charge on any atom is -0.244 e. The number of nitrogens with one attached hydrogen (secondary N) is 1. The maximum Gasteiger partial charge on any atom is 0.0290 e. The second kappa shape index (κ2) is 9.75. The van der Waals surface area contributed by atoms with Crippen molar-refractivity contribution in [2.24, 2.45) is 0 Å². The van der Waals surface area contributed by atoms with Crippen LogP contribution in [-0.2, 0) is 0 Å². The summed E-state index contributed by atoms with van der Waals surface area (Å²) in [6.45, 7) is 2.44. The second-order valence-electron chi connectivity index (χ2n) is 6.63. The first-order valence-corrected chi connectivity index (χ1v) is 9.13. The molecule has 2 aliphatic rings. The summed E-state index contributed by atoms with van der Waals surface area (Å²) in [5.74, 6) is 0. The van der Waals surface area contributed by atoms with E-state index in [0.29, 0.717) is 0 Å². The Morgan fingerprint density at radius 3 is 1.75 bits per heavy atom. The fourth-order valence-corrected chi connectivity index (χ4v) is 3.84. The third-order valence-corrected chi connectivity index (χ3v) is 5.07. The molecule has 1 N–H and O–H groups in total. The normalized spacial score (nSPS) is 26.9. The third-order valence-electron chi connectivity index (χ3n) is 5.07. The van der Waals surface area contributed by atoms with E-state index in [0.717, 1.165) is 6.04 Å². The SMILES string of the molecule is CNN1CCCCCCCN1C1CCCCCCCC1. The van der Waals surface area contributed by atoms with Crippen LogP contribution < -0.4 is 5.43 Å². The summed E-state index contributed by atoms with van der Waals surface area (Å²) >= 11 is 0. The molecule has 1 aliphatic carbocycles. The van der Waals surface area contributed by atoms with Gasteiger partial charge >= 0.3 is 0 Å². The lowest BCUT2D eigenvalue weighted by Crippen LogP contribution is -2.54. The van der Waals surface area contributed by atoms with Gasteiger partial charge in [-0.15, -0.1) is 0 Å². The Balaban J connectivity index is 1.97. The molecule has 0 atom stereocenters. The first-order chi connectivity index (χ1) is 9.92. The summed E-state index contributed by atoms with van der Waals surface area (Å²) in [5, 5.41) is 5.13. The molecular weight excluding hydrogens is 246 g/mol. The fraction of sp³-hybridized carbons (Fsp3) is 1.00. The Morgan fingerprint density at radius 1 is 0.650 bits per heavy atom. The van der Waals surface area contributed by atoms with Crippen LogP contribution in [0.25, 0.3) is 0 Å². The third kappa shape index (κ3) is 5.34. The quantitative estimate of drug-likeness (QED) is 0.822. The van der Waals surface area contributed by atoms with Crippen molar-refractivity contribution >= 4 is 0 Å². The zero-order valence-corrected chi connectivity index (χ0v) is 13.6. The molecule has 0 aromatic rings. The van der Waals surface area contributed by atoms with E-state index in [-0.39, 0.29) is 0 Å². The van der Waals surface area contributed by atoms with Gasteiger partial charge in [0.15, 0.2) is 0 Å². The Morgan fingerprint density at radius 2 is 1.15 bits per heavy atom. The van der Waals surface area contributed by atoms with E-state index in [1.165, 1.54) is 96.6 Å². The van der Waals surface area contributed by atoms with E-state index in [4.69, 9.17) is 0 Å². The monoisotopic (exact) mass is 281 g/mol. The lowest BCUT2D eigenvalue weighted by molar-refractivity contribution is -0.0993. The first kappa shape index (κ1) is 16.3. The van der Waals surface area contributed by atoms with Gasteiger partial charge in [0.25, 0.3) is 0 Å². The summed E-state index contributed by atoms with van der Waals surface area (Å²) in [7, 11) is 2.10. The molecule has 20 heavy (non-hydrogen) atoms. The smallest absolute Gasteiger partial charge is 0.0290 e. The number of hydrogen-bond acceptors (Lipinski definition) is 3. The molecule has 0 aromatic heterocycles. The van der Waals surface area contributed by atoms with Crippen LogP contribution in [0.2, 0.25) is 0 Å². The summed E-state index contributed by atoms with van der Waals surface area (Å²) in [6, 6.07) is 0.777. The van der Waals surface area contributed by atoms with Crippen LogP contribution in [-0.4, -0.2) is 36.3 Å². The number of nitrogens with zero attached hydrogens (tertiary/aromatic N) is 2. The number of hydrazine groups is 2. The molecule has 3 heteroatoms. The molecule has 1 saturated heterocycles. The maximum absolute atomic E-state index is 3.46. The zero-order chi connectivity index (χ0) is 14.0. The van der Waals surface area contributed by atoms with Crippen molar-refractivity contribution in [1.82, 2.24) is 15.6 Å². The summed E-state index contributed by atoms with van der Waals surface area (Å²) in [5.41, 5.74) is 3.46. The number of rotatable bonds is 2. The molecular formula is C17H35N3. The molecule has 0 radical (unpaired) electrons. The van der Waals surface area contributed by atoms with Crippen LogP contribution >= 0.6 is 0 Å². The summed E-state index contributed by atoms with van der Waals surface area (Å²) < 4.78 is 0. The van der Waals surface area contributed by atoms with E-state index < -0.39 is 0 Å². The molecule has 3 nitrogen and oxygen atoms in total. The minimum absolute atomic E-state index is 0.777. The van der Waals surface area contributed by atoms with Gasteiger partial charge in [-0.05, 0) is 25.7 Å². The van der Waals surface area contributed by atoms with Crippen molar-refractivity contribution in [3.05, 3.63) is 0 Å². The van der Waals surface area contributed by atoms with E-state index >= 15 is 0 Å². The molecule has 0 amide bonds. The Hall–Kier alpha value is -0.120. The maximum atomic E-state index is 3.46. The lowest BCUT2D eigenvalue weighted by atomic mass is 10.0. The number of hydrogen-bond donors (Lipinski definition) is 1. The highest BCUT2D eigenvalue weighted by Gasteiger charge is 2.24. The Bertz CT molecular complexity index is 234. The molecule has 0 spiro atoms. The molecule has 0 unspecified atom stereocenters. The topological polar surface area (TPSA) is 18.5 Å². The highest BCUT2D eigenvalue weighted by Crippen LogP contribution is 2.23. The van der Waals surface area contributed by atoms with Crippen molar-refractivity contribution < 1.29 is 0 Å². The summed E-state index contributed by atoms with van der Waals surface area (Å²) in [6.07, 6.45) is 18.4. The summed E-state index contributed by atoms with van der Waals surface area (Å²) in [4.78, 5) is 0. The van der Waals surface area contributed by atoms with E-state index in [9.17, 15) is 0 Å². The van der Waals surface area contributed by atoms with Crippen molar-refractivity contribution in [3.8, 4) is 0 Å². The Labute approximate surface area is 126 Å². The van der Waals surface area contributed by atoms with Gasteiger partial charge in [0.2, 0.25) is 0 Å². The largest absolute Gasteiger partial charge is 0.244 e. The molecule has 118 valence electrons. The fourth-order valence-electron chi connectivity index (χ4n) is 3.84. The molecule has 2 fully saturated rings. The van der Waals surface area contributed by atoms with Gasteiger partial charge < -0.3 is 0 Å². The van der Waals surface area contributed by atoms with Gasteiger partial charge in [-0.25, -0.2) is 10.4 Å². The van der Waals surface area contributed by atoms with Gasteiger partial charge in [0.05, 0.1) is 0 Å². The molecule has 1 aliphatic heterocycles. The predicted octanol–water partition coefficient (Wildman–Crippen LogP) is 4.11. The van der Waals surface area contributed by atoms with Crippen LogP contribution in [0.5, 0.6) is 0 Å². The van der Waals surface area contributed by atoms with Crippen molar-refractivity contribution in [1.29, 1.82) is 0 Å². The average Bonchev–Trinajstić information content (AvgIpc) is 2.68. The minimum atomic E-state index is 0.777. The highest BCUT2D eigenvalue weighted by molar-refractivity contribution is 4.73. The van der Waals surface area contributed by atoms with Gasteiger partial charge in [-0.3, -0.25) is 0 Å². The van der Waals surface area contributed by atoms with Crippen LogP contribution in [0, 0.1) is 0 Å². The van der Waals surface area contributed by atoms with Crippen LogP contribution in [0.3, 0.4) is 0 Å². The molecule has 0 aromatic carbocycles. The second-order valence-corrected chi connectivity index (χ2v) is 6.63. The first-order valence-electron chi connectivity index (χ1n) is 9.13. The molecule has 1 heterocycles. The lowest BCUT2D eigenvalue weighted by Gasteiger charge is -2.40. The van der Waals surface area contributed by atoms with Gasteiger partial charge in [0, 0.05) is 26.2 Å². The van der Waals surface area contributed by atoms with Crippen molar-refractivity contribution in [2.45, 2.75) is 89.5 Å². The Kier molecular flexibility index (Phi) is 7.92. The highest BCUT2D eigenvalue weighted by atomic mass is 15.8. The van der Waals surface area contributed by atoms with Crippen LogP contribution in [0.1, 0.15) is 83.5 Å². The van der Waals surface area contributed by atoms with E-state index in [1.807, 2.05) is 0 Å². The predicted molar refractivity (Wildman–Crippen MR) is 86.3 cm³/mol. The van der Waals surface area contributed by atoms with Crippen molar-refractivity contribution in [3.63, 3.8) is 0 Å². The standard InChI is InChI=1S/C17H35N3/c1-18-20-16-12-8-4-7-11-15-19(20)17-13-9-5-2-3-6-10-14-17/h17-18H,2-16H2,1H3. The average molecular weight is 281 g/mol. The molecule has 2 rings (SSSR count). The van der Waals surface area contributed by atoms with E-state index in [2.05, 4.69) is 22.6 Å². The van der Waals surface area contributed by atoms with Gasteiger partial charge in [-0.2, -0.15) is 5.12 Å². The van der Waals surface area contributed by atoms with Gasteiger partial charge in [0.1, 0.15) is 0 Å².